The Labute approximate surface area is 129 Å². The molecule has 0 aliphatic heterocycles. The SMILES string of the molecule is CCCCCC(OC)C(CCN(N)c1ccccc1)OC. The number of nitrogens with two attached hydrogens (primary N) is 1. The third-order valence-electron chi connectivity index (χ3n) is 3.85. The predicted molar refractivity (Wildman–Crippen MR) is 88.3 cm³/mol. The molecule has 21 heavy (non-hydrogen) atoms. The van der Waals surface area contributed by atoms with Gasteiger partial charge in [-0.3, -0.25) is 0 Å². The van der Waals surface area contributed by atoms with E-state index in [-0.39, 0.29) is 12.2 Å². The smallest absolute Gasteiger partial charge is 0.0850 e. The van der Waals surface area contributed by atoms with Crippen LogP contribution >= 0.6 is 0 Å². The summed E-state index contributed by atoms with van der Waals surface area (Å²) in [5.41, 5.74) is 1.02. The van der Waals surface area contributed by atoms with Crippen LogP contribution in [-0.4, -0.2) is 33.0 Å². The fourth-order valence-corrected chi connectivity index (χ4v) is 2.52. The zero-order valence-electron chi connectivity index (χ0n) is 13.6. The number of hydrogen-bond acceptors (Lipinski definition) is 4. The van der Waals surface area contributed by atoms with E-state index in [1.807, 2.05) is 30.3 Å². The van der Waals surface area contributed by atoms with E-state index in [2.05, 4.69) is 6.92 Å². The molecule has 0 radical (unpaired) electrons. The second kappa shape index (κ2) is 10.6. The molecule has 0 aliphatic rings. The Kier molecular flexibility index (Phi) is 9.06. The van der Waals surface area contributed by atoms with E-state index in [1.54, 1.807) is 19.2 Å². The molecule has 2 atom stereocenters. The van der Waals surface area contributed by atoms with E-state index in [0.29, 0.717) is 0 Å². The molecule has 0 fully saturated rings. The molecule has 0 spiro atoms. The largest absolute Gasteiger partial charge is 0.379 e. The van der Waals surface area contributed by atoms with Crippen molar-refractivity contribution in [1.82, 2.24) is 0 Å². The van der Waals surface area contributed by atoms with Crippen LogP contribution in [0.3, 0.4) is 0 Å². The molecule has 0 aliphatic carbocycles. The summed E-state index contributed by atoms with van der Waals surface area (Å²) in [5.74, 6) is 6.10. The molecular formula is C17H30N2O2. The molecule has 0 bridgehead atoms. The van der Waals surface area contributed by atoms with Crippen molar-refractivity contribution in [3.8, 4) is 0 Å². The van der Waals surface area contributed by atoms with Gasteiger partial charge in [-0.1, -0.05) is 44.4 Å². The molecule has 2 unspecified atom stereocenters. The molecule has 120 valence electrons. The Bertz CT molecular complexity index is 359. The highest BCUT2D eigenvalue weighted by molar-refractivity contribution is 5.44. The summed E-state index contributed by atoms with van der Waals surface area (Å²) in [6.07, 6.45) is 5.76. The van der Waals surface area contributed by atoms with E-state index in [1.165, 1.54) is 19.3 Å². The van der Waals surface area contributed by atoms with E-state index in [0.717, 1.165) is 25.1 Å². The van der Waals surface area contributed by atoms with Gasteiger partial charge < -0.3 is 14.5 Å². The molecule has 1 rings (SSSR count). The van der Waals surface area contributed by atoms with Crippen LogP contribution in [0.25, 0.3) is 0 Å². The second-order valence-electron chi connectivity index (χ2n) is 5.36. The van der Waals surface area contributed by atoms with Crippen LogP contribution in [0, 0.1) is 0 Å². The standard InChI is InChI=1S/C17H30N2O2/c1-4-5-7-12-16(20-2)17(21-3)13-14-19(18)15-10-8-6-9-11-15/h6,8-11,16-17H,4-5,7,12-14,18H2,1-3H3. The number of hydrogen-bond donors (Lipinski definition) is 1. The van der Waals surface area contributed by atoms with Crippen molar-refractivity contribution in [3.05, 3.63) is 30.3 Å². The summed E-state index contributed by atoms with van der Waals surface area (Å²) in [6.45, 7) is 2.96. The zero-order chi connectivity index (χ0) is 15.5. The van der Waals surface area contributed by atoms with E-state index in [4.69, 9.17) is 15.3 Å². The quantitative estimate of drug-likeness (QED) is 0.386. The number of ether oxygens (including phenoxy) is 2. The predicted octanol–water partition coefficient (Wildman–Crippen LogP) is 3.37. The van der Waals surface area contributed by atoms with Crippen LogP contribution in [0.4, 0.5) is 5.69 Å². The van der Waals surface area contributed by atoms with Crippen LogP contribution in [0.15, 0.2) is 30.3 Å². The van der Waals surface area contributed by atoms with Crippen molar-refractivity contribution in [3.63, 3.8) is 0 Å². The minimum Gasteiger partial charge on any atom is -0.379 e. The van der Waals surface area contributed by atoms with Crippen LogP contribution in [0.5, 0.6) is 0 Å². The van der Waals surface area contributed by atoms with Crippen LogP contribution < -0.4 is 10.9 Å². The topological polar surface area (TPSA) is 47.7 Å². The van der Waals surface area contributed by atoms with Crippen molar-refractivity contribution in [2.24, 2.45) is 5.84 Å². The molecular weight excluding hydrogens is 264 g/mol. The third kappa shape index (κ3) is 6.46. The lowest BCUT2D eigenvalue weighted by molar-refractivity contribution is -0.0430. The lowest BCUT2D eigenvalue weighted by atomic mass is 10.0. The van der Waals surface area contributed by atoms with Crippen LogP contribution in [0.2, 0.25) is 0 Å². The van der Waals surface area contributed by atoms with Gasteiger partial charge in [-0.25, -0.2) is 5.84 Å². The van der Waals surface area contributed by atoms with Gasteiger partial charge in [0.25, 0.3) is 0 Å². The number of hydrazine groups is 1. The first-order valence-corrected chi connectivity index (χ1v) is 7.85. The summed E-state index contributed by atoms with van der Waals surface area (Å²) in [4.78, 5) is 0. The van der Waals surface area contributed by atoms with Crippen molar-refractivity contribution in [1.29, 1.82) is 0 Å². The van der Waals surface area contributed by atoms with Gasteiger partial charge in [0.05, 0.1) is 17.9 Å². The average Bonchev–Trinajstić information content (AvgIpc) is 2.54. The maximum absolute atomic E-state index is 6.10. The molecule has 0 saturated carbocycles. The van der Waals surface area contributed by atoms with Crippen LogP contribution in [0.1, 0.15) is 39.0 Å². The minimum atomic E-state index is 0.0848. The average molecular weight is 294 g/mol. The highest BCUT2D eigenvalue weighted by Crippen LogP contribution is 2.17. The van der Waals surface area contributed by atoms with E-state index >= 15 is 0 Å². The van der Waals surface area contributed by atoms with Gasteiger partial charge in [-0.05, 0) is 25.0 Å². The Morgan fingerprint density at radius 1 is 1.00 bits per heavy atom. The van der Waals surface area contributed by atoms with Gasteiger partial charge in [0.2, 0.25) is 0 Å². The number of unbranched alkanes of at least 4 members (excludes halogenated alkanes) is 2. The van der Waals surface area contributed by atoms with Gasteiger partial charge in [-0.2, -0.15) is 0 Å². The number of para-hydroxylation sites is 1. The maximum Gasteiger partial charge on any atom is 0.0850 e. The monoisotopic (exact) mass is 294 g/mol. The lowest BCUT2D eigenvalue weighted by Gasteiger charge is -2.27. The van der Waals surface area contributed by atoms with Crippen molar-refractivity contribution >= 4 is 5.69 Å². The fraction of sp³-hybridized carbons (Fsp3) is 0.647. The van der Waals surface area contributed by atoms with Crippen molar-refractivity contribution < 1.29 is 9.47 Å². The van der Waals surface area contributed by atoms with Gasteiger partial charge >= 0.3 is 0 Å². The number of nitrogens with zero attached hydrogens (tertiary/aromatic N) is 1. The minimum absolute atomic E-state index is 0.0848. The van der Waals surface area contributed by atoms with Gasteiger partial charge in [-0.15, -0.1) is 0 Å². The maximum atomic E-state index is 6.10. The second-order valence-corrected chi connectivity index (χ2v) is 5.36. The summed E-state index contributed by atoms with van der Waals surface area (Å²) in [6, 6.07) is 10.00. The number of methoxy groups -OCH3 is 2. The fourth-order valence-electron chi connectivity index (χ4n) is 2.52. The van der Waals surface area contributed by atoms with Crippen molar-refractivity contribution in [2.75, 3.05) is 25.8 Å². The molecule has 0 saturated heterocycles. The molecule has 0 heterocycles. The van der Waals surface area contributed by atoms with Crippen molar-refractivity contribution in [2.45, 2.75) is 51.2 Å². The van der Waals surface area contributed by atoms with Gasteiger partial charge in [0, 0.05) is 20.8 Å². The molecule has 1 aromatic carbocycles. The van der Waals surface area contributed by atoms with E-state index in [9.17, 15) is 0 Å². The van der Waals surface area contributed by atoms with Gasteiger partial charge in [0.15, 0.2) is 0 Å². The molecule has 0 aromatic heterocycles. The van der Waals surface area contributed by atoms with Gasteiger partial charge in [0.1, 0.15) is 0 Å². The van der Waals surface area contributed by atoms with Crippen LogP contribution in [-0.2, 0) is 9.47 Å². The Morgan fingerprint density at radius 2 is 1.62 bits per heavy atom. The first-order chi connectivity index (χ1) is 10.2. The summed E-state index contributed by atoms with van der Waals surface area (Å²) < 4.78 is 11.2. The normalized spacial score (nSPS) is 13.9. The highest BCUT2D eigenvalue weighted by Gasteiger charge is 2.21. The molecule has 4 heteroatoms. The Morgan fingerprint density at radius 3 is 2.19 bits per heavy atom. The Hall–Kier alpha value is -1.10. The number of benzene rings is 1. The zero-order valence-corrected chi connectivity index (χ0v) is 13.6. The summed E-state index contributed by atoms with van der Waals surface area (Å²) in [5, 5.41) is 1.77. The number of anilines is 1. The summed E-state index contributed by atoms with van der Waals surface area (Å²) in [7, 11) is 3.51. The molecule has 2 N–H and O–H groups in total. The molecule has 0 amide bonds. The lowest BCUT2D eigenvalue weighted by Crippen LogP contribution is -2.38. The molecule has 4 nitrogen and oxygen atoms in total. The molecule has 1 aromatic rings. The first kappa shape index (κ1) is 18.0. The number of rotatable bonds is 11. The highest BCUT2D eigenvalue weighted by atomic mass is 16.5. The third-order valence-corrected chi connectivity index (χ3v) is 3.85. The summed E-state index contributed by atoms with van der Waals surface area (Å²) >= 11 is 0. The van der Waals surface area contributed by atoms with E-state index < -0.39 is 0 Å². The first-order valence-electron chi connectivity index (χ1n) is 7.85. The Balaban J connectivity index is 2.44.